The first kappa shape index (κ1) is 13.6. The molecule has 0 amide bonds. The maximum absolute atomic E-state index is 9.94. The van der Waals surface area contributed by atoms with Crippen LogP contribution in [0.5, 0.6) is 0 Å². The van der Waals surface area contributed by atoms with Gasteiger partial charge in [0.2, 0.25) is 0 Å². The molecule has 10 heavy (non-hydrogen) atoms. The molecular formula is C5H9KO4. The van der Waals surface area contributed by atoms with Gasteiger partial charge >= 0.3 is 51.4 Å². The zero-order valence-electron chi connectivity index (χ0n) is 5.91. The van der Waals surface area contributed by atoms with Crippen molar-refractivity contribution in [2.24, 2.45) is 5.92 Å². The summed E-state index contributed by atoms with van der Waals surface area (Å²) >= 11 is 0. The first-order valence-corrected chi connectivity index (χ1v) is 2.65. The molecule has 0 aromatic carbocycles. The number of carbonyl (C=O) groups excluding carboxylic acids is 1. The molecule has 0 aliphatic carbocycles. The zero-order chi connectivity index (χ0) is 7.28. The minimum absolute atomic E-state index is 0. The Morgan fingerprint density at radius 3 is 2.10 bits per heavy atom. The minimum atomic E-state index is -1.31. The Labute approximate surface area is 102 Å². The van der Waals surface area contributed by atoms with Crippen molar-refractivity contribution in [3.8, 4) is 0 Å². The van der Waals surface area contributed by atoms with Gasteiger partial charge in [-0.3, -0.25) is 0 Å². The van der Waals surface area contributed by atoms with Crippen LogP contribution in [0.25, 0.3) is 0 Å². The van der Waals surface area contributed by atoms with Gasteiger partial charge in [0.15, 0.2) is 0 Å². The Bertz CT molecular complexity index is 95.6. The number of aliphatic hydroxyl groups excluding tert-OH is 2. The maximum Gasteiger partial charge on any atom is 1.00 e. The molecule has 0 aliphatic rings. The fraction of sp³-hybridized carbons (Fsp3) is 0.800. The van der Waals surface area contributed by atoms with Crippen molar-refractivity contribution in [1.29, 1.82) is 0 Å². The van der Waals surface area contributed by atoms with Crippen molar-refractivity contribution < 1.29 is 71.5 Å². The van der Waals surface area contributed by atoms with Gasteiger partial charge in [0.1, 0.15) is 0 Å². The second-order valence-corrected chi connectivity index (χ2v) is 1.71. The molecule has 4 nitrogen and oxygen atoms in total. The van der Waals surface area contributed by atoms with Crippen LogP contribution in [0.4, 0.5) is 0 Å². The fourth-order valence-corrected chi connectivity index (χ4v) is 0.440. The molecule has 0 fully saturated rings. The number of aliphatic carboxylic acids is 1. The summed E-state index contributed by atoms with van der Waals surface area (Å²) in [5.74, 6) is -2.23. The molecule has 5 heteroatoms. The summed E-state index contributed by atoms with van der Waals surface area (Å²) in [6.45, 7) is -0.706. The largest absolute Gasteiger partial charge is 1.00 e. The molecule has 1 unspecified atom stereocenters. The van der Waals surface area contributed by atoms with E-state index >= 15 is 0 Å². The second-order valence-electron chi connectivity index (χ2n) is 1.71. The van der Waals surface area contributed by atoms with Gasteiger partial charge in [-0.05, 0) is 6.42 Å². The molecule has 0 bridgehead atoms. The number of rotatable bonds is 4. The summed E-state index contributed by atoms with van der Waals surface area (Å²) in [5.41, 5.74) is 0. The Kier molecular flexibility index (Phi) is 11.1. The molecule has 0 aromatic heterocycles. The van der Waals surface area contributed by atoms with Gasteiger partial charge in [0.25, 0.3) is 0 Å². The van der Waals surface area contributed by atoms with E-state index in [-0.39, 0.29) is 64.4 Å². The molecule has 0 saturated heterocycles. The summed E-state index contributed by atoms with van der Waals surface area (Å²) in [6.07, 6.45) is 0.0544. The van der Waals surface area contributed by atoms with E-state index in [2.05, 4.69) is 0 Å². The third-order valence-electron chi connectivity index (χ3n) is 1.03. The summed E-state index contributed by atoms with van der Waals surface area (Å²) in [7, 11) is 0. The molecule has 0 rings (SSSR count). The molecule has 54 valence electrons. The van der Waals surface area contributed by atoms with Crippen molar-refractivity contribution in [2.75, 3.05) is 13.2 Å². The van der Waals surface area contributed by atoms with Crippen molar-refractivity contribution >= 4 is 5.97 Å². The monoisotopic (exact) mass is 172 g/mol. The van der Waals surface area contributed by atoms with Crippen LogP contribution < -0.4 is 56.5 Å². The molecule has 0 heterocycles. The maximum atomic E-state index is 9.94. The van der Waals surface area contributed by atoms with Gasteiger partial charge in [-0.2, -0.15) is 0 Å². The Morgan fingerprint density at radius 1 is 1.50 bits per heavy atom. The average molecular weight is 172 g/mol. The van der Waals surface area contributed by atoms with Gasteiger partial charge in [-0.15, -0.1) is 0 Å². The number of hydrogen-bond donors (Lipinski definition) is 2. The topological polar surface area (TPSA) is 80.6 Å². The average Bonchev–Trinajstić information content (AvgIpc) is 1.82. The summed E-state index contributed by atoms with van der Waals surface area (Å²) in [5, 5.41) is 26.4. The van der Waals surface area contributed by atoms with Crippen molar-refractivity contribution in [1.82, 2.24) is 0 Å². The number of hydrogen-bond acceptors (Lipinski definition) is 4. The van der Waals surface area contributed by atoms with Crippen LogP contribution in [0.15, 0.2) is 0 Å². The van der Waals surface area contributed by atoms with Crippen molar-refractivity contribution in [2.45, 2.75) is 6.42 Å². The molecule has 0 saturated carbocycles. The van der Waals surface area contributed by atoms with Crippen LogP contribution in [0.3, 0.4) is 0 Å². The number of carboxylic acid groups (broad SMARTS) is 1. The molecular weight excluding hydrogens is 163 g/mol. The Hall–Kier alpha value is 1.03. The van der Waals surface area contributed by atoms with Gasteiger partial charge in [-0.1, -0.05) is 0 Å². The van der Waals surface area contributed by atoms with E-state index in [0.29, 0.717) is 0 Å². The predicted molar refractivity (Wildman–Crippen MR) is 27.3 cm³/mol. The first-order valence-electron chi connectivity index (χ1n) is 2.65. The van der Waals surface area contributed by atoms with Crippen molar-refractivity contribution in [3.05, 3.63) is 0 Å². The predicted octanol–water partition coefficient (Wildman–Crippen LogP) is -5.27. The van der Waals surface area contributed by atoms with Crippen LogP contribution in [-0.4, -0.2) is 29.4 Å². The molecule has 0 aliphatic heterocycles. The molecule has 1 atom stereocenters. The Balaban J connectivity index is 0. The van der Waals surface area contributed by atoms with E-state index in [1.807, 2.05) is 0 Å². The van der Waals surface area contributed by atoms with Gasteiger partial charge in [-0.25, -0.2) is 0 Å². The fourth-order valence-electron chi connectivity index (χ4n) is 0.440. The van der Waals surface area contributed by atoms with E-state index in [1.165, 1.54) is 0 Å². The van der Waals surface area contributed by atoms with E-state index in [0.717, 1.165) is 0 Å². The van der Waals surface area contributed by atoms with Crippen LogP contribution in [-0.2, 0) is 4.79 Å². The number of carboxylic acids is 1. The standard InChI is InChI=1S/C5H10O4.K/c6-2-1-4(3-7)5(8)9;/h4,6-7H,1-3H2,(H,8,9);/q;+1/p-1. The molecule has 2 N–H and O–H groups in total. The summed E-state index contributed by atoms with van der Waals surface area (Å²) in [4.78, 5) is 9.94. The van der Waals surface area contributed by atoms with Crippen LogP contribution in [0, 0.1) is 5.92 Å². The number of aliphatic hydroxyl groups is 2. The van der Waals surface area contributed by atoms with Crippen molar-refractivity contribution in [3.63, 3.8) is 0 Å². The van der Waals surface area contributed by atoms with Gasteiger partial charge in [0.05, 0.1) is 6.61 Å². The molecule has 0 radical (unpaired) electrons. The normalized spacial score (nSPS) is 11.8. The summed E-state index contributed by atoms with van der Waals surface area (Å²) in [6, 6.07) is 0. The van der Waals surface area contributed by atoms with Crippen LogP contribution >= 0.6 is 0 Å². The van der Waals surface area contributed by atoms with Gasteiger partial charge < -0.3 is 20.1 Å². The van der Waals surface area contributed by atoms with Crippen LogP contribution in [0.2, 0.25) is 0 Å². The van der Waals surface area contributed by atoms with Gasteiger partial charge in [0, 0.05) is 18.5 Å². The molecule has 0 aromatic rings. The third kappa shape index (κ3) is 5.78. The third-order valence-corrected chi connectivity index (χ3v) is 1.03. The molecule has 0 spiro atoms. The van der Waals surface area contributed by atoms with E-state index in [4.69, 9.17) is 10.2 Å². The smallest absolute Gasteiger partial charge is 0.550 e. The van der Waals surface area contributed by atoms with E-state index < -0.39 is 18.5 Å². The minimum Gasteiger partial charge on any atom is -0.550 e. The SMILES string of the molecule is O=C([O-])C(CO)CCO.[K+]. The zero-order valence-corrected chi connectivity index (χ0v) is 9.03. The summed E-state index contributed by atoms with van der Waals surface area (Å²) < 4.78 is 0. The van der Waals surface area contributed by atoms with E-state index in [1.54, 1.807) is 0 Å². The Morgan fingerprint density at radius 2 is 2.00 bits per heavy atom. The van der Waals surface area contributed by atoms with Crippen LogP contribution in [0.1, 0.15) is 6.42 Å². The quantitative estimate of drug-likeness (QED) is 0.415. The van der Waals surface area contributed by atoms with E-state index in [9.17, 15) is 9.90 Å². The second kappa shape index (κ2) is 8.13. The number of carbonyl (C=O) groups is 1. The first-order chi connectivity index (χ1) is 4.22.